The Morgan fingerprint density at radius 1 is 0.970 bits per heavy atom. The summed E-state index contributed by atoms with van der Waals surface area (Å²) in [6.07, 6.45) is 11.2. The minimum atomic E-state index is -0.106. The van der Waals surface area contributed by atoms with Crippen molar-refractivity contribution in [3.63, 3.8) is 0 Å². The van der Waals surface area contributed by atoms with E-state index in [-0.39, 0.29) is 5.91 Å². The van der Waals surface area contributed by atoms with Gasteiger partial charge in [0.05, 0.1) is 12.1 Å². The average Bonchev–Trinajstić information content (AvgIpc) is 2.86. The summed E-state index contributed by atoms with van der Waals surface area (Å²) in [7, 11) is 0. The first kappa shape index (κ1) is 22.1. The van der Waals surface area contributed by atoms with Crippen LogP contribution in [0.4, 0.5) is 0 Å². The monoisotopic (exact) mass is 438 g/mol. The minimum Gasteiger partial charge on any atom is -0.477 e. The van der Waals surface area contributed by atoms with Crippen molar-refractivity contribution in [1.82, 2.24) is 19.9 Å². The Hall–Kier alpha value is -4.06. The second-order valence-electron chi connectivity index (χ2n) is 7.67. The van der Waals surface area contributed by atoms with E-state index < -0.39 is 0 Å². The SMILES string of the molecule is CCCOc1nc2ccccc2cc1/C=C/C(=O)N(Cc1ccncc1)Cc1cccnc1. The highest BCUT2D eigenvalue weighted by atomic mass is 16.5. The number of hydrogen-bond acceptors (Lipinski definition) is 5. The number of ether oxygens (including phenoxy) is 1. The molecular weight excluding hydrogens is 412 g/mol. The van der Waals surface area contributed by atoms with Gasteiger partial charge in [-0.15, -0.1) is 0 Å². The van der Waals surface area contributed by atoms with Crippen LogP contribution >= 0.6 is 0 Å². The van der Waals surface area contributed by atoms with Crippen molar-refractivity contribution in [2.24, 2.45) is 0 Å². The van der Waals surface area contributed by atoms with Gasteiger partial charge in [-0.25, -0.2) is 4.98 Å². The van der Waals surface area contributed by atoms with Gasteiger partial charge < -0.3 is 9.64 Å². The summed E-state index contributed by atoms with van der Waals surface area (Å²) in [5, 5.41) is 0.998. The lowest BCUT2D eigenvalue weighted by Crippen LogP contribution is -2.28. The number of aromatic nitrogens is 3. The highest BCUT2D eigenvalue weighted by Gasteiger charge is 2.14. The van der Waals surface area contributed by atoms with E-state index in [2.05, 4.69) is 21.9 Å². The molecular formula is C27H26N4O2. The Bertz CT molecular complexity index is 1190. The van der Waals surface area contributed by atoms with Gasteiger partial charge in [0.15, 0.2) is 0 Å². The molecule has 0 aliphatic heterocycles. The molecule has 166 valence electrons. The maximum atomic E-state index is 13.3. The van der Waals surface area contributed by atoms with Crippen LogP contribution in [-0.2, 0) is 17.9 Å². The Kier molecular flexibility index (Phi) is 7.38. The summed E-state index contributed by atoms with van der Waals surface area (Å²) < 4.78 is 5.88. The number of hydrogen-bond donors (Lipinski definition) is 0. The molecule has 6 heteroatoms. The fourth-order valence-electron chi connectivity index (χ4n) is 3.45. The summed E-state index contributed by atoms with van der Waals surface area (Å²) in [6, 6.07) is 17.6. The van der Waals surface area contributed by atoms with Crippen molar-refractivity contribution < 1.29 is 9.53 Å². The molecule has 6 nitrogen and oxygen atoms in total. The molecule has 3 heterocycles. The highest BCUT2D eigenvalue weighted by Crippen LogP contribution is 2.24. The summed E-state index contributed by atoms with van der Waals surface area (Å²) in [5.74, 6) is 0.429. The van der Waals surface area contributed by atoms with Crippen molar-refractivity contribution in [3.8, 4) is 5.88 Å². The van der Waals surface area contributed by atoms with Crippen molar-refractivity contribution in [2.75, 3.05) is 6.61 Å². The molecule has 0 saturated heterocycles. The van der Waals surface area contributed by atoms with E-state index >= 15 is 0 Å². The highest BCUT2D eigenvalue weighted by molar-refractivity contribution is 5.93. The number of nitrogens with zero attached hydrogens (tertiary/aromatic N) is 4. The largest absolute Gasteiger partial charge is 0.477 e. The van der Waals surface area contributed by atoms with Crippen LogP contribution in [0.5, 0.6) is 5.88 Å². The molecule has 1 aromatic carbocycles. The number of carbonyl (C=O) groups is 1. The number of benzene rings is 1. The van der Waals surface area contributed by atoms with Crippen molar-refractivity contribution in [3.05, 3.63) is 102 Å². The van der Waals surface area contributed by atoms with Gasteiger partial charge in [0.1, 0.15) is 0 Å². The third-order valence-corrected chi connectivity index (χ3v) is 5.10. The lowest BCUT2D eigenvalue weighted by Gasteiger charge is -2.21. The molecule has 0 aliphatic rings. The van der Waals surface area contributed by atoms with Crippen molar-refractivity contribution >= 4 is 22.9 Å². The topological polar surface area (TPSA) is 68.2 Å². The van der Waals surface area contributed by atoms with E-state index in [0.717, 1.165) is 34.0 Å². The van der Waals surface area contributed by atoms with E-state index in [1.807, 2.05) is 54.6 Å². The third-order valence-electron chi connectivity index (χ3n) is 5.10. The first-order chi connectivity index (χ1) is 16.2. The standard InChI is InChI=1S/C27H26N4O2/c1-2-16-33-27-24(17-23-7-3-4-8-25(23)30-27)9-10-26(32)31(19-21-11-14-28-15-12-21)20-22-6-5-13-29-18-22/h3-15,17-18H,2,16,19-20H2,1H3/b10-9+. The number of para-hydroxylation sites is 1. The lowest BCUT2D eigenvalue weighted by atomic mass is 10.1. The quantitative estimate of drug-likeness (QED) is 0.342. The Labute approximate surface area is 193 Å². The smallest absolute Gasteiger partial charge is 0.247 e. The number of pyridine rings is 3. The van der Waals surface area contributed by atoms with Gasteiger partial charge in [0.2, 0.25) is 11.8 Å². The number of amides is 1. The van der Waals surface area contributed by atoms with Gasteiger partial charge in [-0.2, -0.15) is 0 Å². The molecule has 4 rings (SSSR count). The summed E-state index contributed by atoms with van der Waals surface area (Å²) in [6.45, 7) is 3.54. The van der Waals surface area contributed by atoms with E-state index in [1.54, 1.807) is 41.8 Å². The molecule has 0 aliphatic carbocycles. The lowest BCUT2D eigenvalue weighted by molar-refractivity contribution is -0.127. The van der Waals surface area contributed by atoms with Crippen molar-refractivity contribution in [1.29, 1.82) is 0 Å². The zero-order valence-electron chi connectivity index (χ0n) is 18.6. The van der Waals surface area contributed by atoms with Crippen LogP contribution in [-0.4, -0.2) is 32.4 Å². The molecule has 0 saturated carbocycles. The summed E-state index contributed by atoms with van der Waals surface area (Å²) >= 11 is 0. The fourth-order valence-corrected chi connectivity index (χ4v) is 3.45. The van der Waals surface area contributed by atoms with Gasteiger partial charge >= 0.3 is 0 Å². The molecule has 1 amide bonds. The molecule has 33 heavy (non-hydrogen) atoms. The van der Waals surface area contributed by atoms with Crippen LogP contribution in [0.1, 0.15) is 30.0 Å². The molecule has 0 bridgehead atoms. The molecule has 0 atom stereocenters. The predicted octanol–water partition coefficient (Wildman–Crippen LogP) is 5.06. The van der Waals surface area contributed by atoms with Gasteiger partial charge in [0.25, 0.3) is 0 Å². The Morgan fingerprint density at radius 2 is 1.79 bits per heavy atom. The molecule has 0 spiro atoms. The molecule has 0 N–H and O–H groups in total. The normalized spacial score (nSPS) is 11.1. The number of carbonyl (C=O) groups excluding carboxylic acids is 1. The van der Waals surface area contributed by atoms with Crippen LogP contribution in [0, 0.1) is 0 Å². The molecule has 3 aromatic heterocycles. The van der Waals surface area contributed by atoms with Crippen molar-refractivity contribution in [2.45, 2.75) is 26.4 Å². The summed E-state index contributed by atoms with van der Waals surface area (Å²) in [5.41, 5.74) is 3.62. The Morgan fingerprint density at radius 3 is 2.58 bits per heavy atom. The van der Waals surface area contributed by atoms with Crippen LogP contribution in [0.25, 0.3) is 17.0 Å². The first-order valence-electron chi connectivity index (χ1n) is 11.0. The minimum absolute atomic E-state index is 0.106. The number of fused-ring (bicyclic) bond motifs is 1. The molecule has 4 aromatic rings. The predicted molar refractivity (Wildman–Crippen MR) is 129 cm³/mol. The van der Waals surface area contributed by atoms with Crippen LogP contribution in [0.2, 0.25) is 0 Å². The Balaban J connectivity index is 1.61. The van der Waals surface area contributed by atoms with Crippen LogP contribution in [0.15, 0.2) is 85.5 Å². The van der Waals surface area contributed by atoms with Gasteiger partial charge in [-0.3, -0.25) is 14.8 Å². The van der Waals surface area contributed by atoms with E-state index in [4.69, 9.17) is 4.74 Å². The molecule has 0 radical (unpaired) electrons. The molecule has 0 unspecified atom stereocenters. The van der Waals surface area contributed by atoms with Crippen LogP contribution < -0.4 is 4.74 Å². The van der Waals surface area contributed by atoms with Gasteiger partial charge in [-0.1, -0.05) is 31.2 Å². The zero-order valence-corrected chi connectivity index (χ0v) is 18.6. The fraction of sp³-hybridized carbons (Fsp3) is 0.185. The number of rotatable bonds is 9. The first-order valence-corrected chi connectivity index (χ1v) is 11.0. The maximum absolute atomic E-state index is 13.3. The third kappa shape index (κ3) is 6.01. The zero-order chi connectivity index (χ0) is 22.9. The molecule has 0 fully saturated rings. The van der Waals surface area contributed by atoms with E-state index in [1.165, 1.54) is 0 Å². The summed E-state index contributed by atoms with van der Waals surface area (Å²) in [4.78, 5) is 27.9. The van der Waals surface area contributed by atoms with Gasteiger partial charge in [0, 0.05) is 54.9 Å². The van der Waals surface area contributed by atoms with E-state index in [9.17, 15) is 4.79 Å². The second kappa shape index (κ2) is 11.0. The van der Waals surface area contributed by atoms with Crippen LogP contribution in [0.3, 0.4) is 0 Å². The average molecular weight is 439 g/mol. The maximum Gasteiger partial charge on any atom is 0.247 e. The second-order valence-corrected chi connectivity index (χ2v) is 7.67. The van der Waals surface area contributed by atoms with Gasteiger partial charge in [-0.05, 0) is 54.0 Å². The van der Waals surface area contributed by atoms with E-state index in [0.29, 0.717) is 25.6 Å².